The fraction of sp³-hybridized carbons (Fsp3) is 0.429. The predicted molar refractivity (Wildman–Crippen MR) is 73.9 cm³/mol. The molecule has 0 spiro atoms. The normalized spacial score (nSPS) is 13.8. The van der Waals surface area contributed by atoms with Crippen LogP contribution in [0.1, 0.15) is 18.1 Å². The molecule has 1 heterocycles. The van der Waals surface area contributed by atoms with Crippen LogP contribution in [0.25, 0.3) is 0 Å². The lowest BCUT2D eigenvalue weighted by Crippen LogP contribution is -2.40. The Bertz CT molecular complexity index is 499. The van der Waals surface area contributed by atoms with E-state index in [1.165, 1.54) is 4.90 Å². The van der Waals surface area contributed by atoms with Crippen LogP contribution in [0.2, 0.25) is 0 Å². The molecular formula is C14H19N3O2. The third kappa shape index (κ3) is 2.83. The van der Waals surface area contributed by atoms with E-state index < -0.39 is 0 Å². The zero-order chi connectivity index (χ0) is 13.8. The molecule has 1 aromatic carbocycles. The van der Waals surface area contributed by atoms with Crippen LogP contribution in [0.5, 0.6) is 0 Å². The first-order valence-electron chi connectivity index (χ1n) is 6.50. The van der Waals surface area contributed by atoms with Gasteiger partial charge in [0.1, 0.15) is 0 Å². The minimum atomic E-state index is -0.188. The van der Waals surface area contributed by atoms with Gasteiger partial charge in [-0.2, -0.15) is 0 Å². The molecule has 0 radical (unpaired) electrons. The van der Waals surface area contributed by atoms with Crippen LogP contribution in [0.15, 0.2) is 18.2 Å². The second-order valence-electron chi connectivity index (χ2n) is 4.57. The van der Waals surface area contributed by atoms with Gasteiger partial charge < -0.3 is 10.6 Å². The van der Waals surface area contributed by atoms with E-state index in [0.717, 1.165) is 23.4 Å². The summed E-state index contributed by atoms with van der Waals surface area (Å²) in [6.45, 7) is 3.59. The SMILES string of the molecule is CCNCC(=O)N1C(=O)Cc2cc(CNC)ccc21. The minimum absolute atomic E-state index is 0.139. The minimum Gasteiger partial charge on any atom is -0.316 e. The molecule has 2 rings (SSSR count). The van der Waals surface area contributed by atoms with Crippen molar-refractivity contribution in [3.63, 3.8) is 0 Å². The van der Waals surface area contributed by atoms with E-state index in [9.17, 15) is 9.59 Å². The average Bonchev–Trinajstić information content (AvgIpc) is 2.71. The average molecular weight is 261 g/mol. The van der Waals surface area contributed by atoms with Crippen molar-refractivity contribution in [1.29, 1.82) is 0 Å². The third-order valence-electron chi connectivity index (χ3n) is 3.13. The largest absolute Gasteiger partial charge is 0.316 e. The Labute approximate surface area is 113 Å². The highest BCUT2D eigenvalue weighted by atomic mass is 16.2. The summed E-state index contributed by atoms with van der Waals surface area (Å²) in [6, 6.07) is 5.79. The van der Waals surface area contributed by atoms with Crippen LogP contribution in [0, 0.1) is 0 Å². The van der Waals surface area contributed by atoms with E-state index in [1.807, 2.05) is 32.2 Å². The molecule has 2 amide bonds. The maximum absolute atomic E-state index is 12.0. The van der Waals surface area contributed by atoms with Gasteiger partial charge in [-0.05, 0) is 30.8 Å². The smallest absolute Gasteiger partial charge is 0.247 e. The van der Waals surface area contributed by atoms with Gasteiger partial charge in [-0.25, -0.2) is 4.90 Å². The standard InChI is InChI=1S/C14H19N3O2/c1-3-16-9-14(19)17-12-5-4-10(8-15-2)6-11(12)7-13(17)18/h4-6,15-16H,3,7-9H2,1-2H3. The summed E-state index contributed by atoms with van der Waals surface area (Å²) in [5, 5.41) is 6.03. The summed E-state index contributed by atoms with van der Waals surface area (Å²) in [4.78, 5) is 25.3. The quantitative estimate of drug-likeness (QED) is 0.807. The summed E-state index contributed by atoms with van der Waals surface area (Å²) in [5.41, 5.74) is 2.78. The van der Waals surface area contributed by atoms with Crippen LogP contribution < -0.4 is 15.5 Å². The van der Waals surface area contributed by atoms with Gasteiger partial charge in [0, 0.05) is 6.54 Å². The van der Waals surface area contributed by atoms with Crippen molar-refractivity contribution >= 4 is 17.5 Å². The molecule has 102 valence electrons. The maximum atomic E-state index is 12.0. The maximum Gasteiger partial charge on any atom is 0.247 e. The van der Waals surface area contributed by atoms with Crippen LogP contribution in [-0.2, 0) is 22.6 Å². The first-order chi connectivity index (χ1) is 9.17. The van der Waals surface area contributed by atoms with Crippen molar-refractivity contribution in [2.75, 3.05) is 25.0 Å². The Morgan fingerprint density at radius 3 is 2.89 bits per heavy atom. The highest BCUT2D eigenvalue weighted by molar-refractivity contribution is 6.19. The first kappa shape index (κ1) is 13.7. The number of imide groups is 1. The molecule has 5 nitrogen and oxygen atoms in total. The highest BCUT2D eigenvalue weighted by Crippen LogP contribution is 2.29. The number of benzene rings is 1. The van der Waals surface area contributed by atoms with E-state index in [0.29, 0.717) is 13.0 Å². The Morgan fingerprint density at radius 1 is 1.42 bits per heavy atom. The summed E-state index contributed by atoms with van der Waals surface area (Å²) in [5.74, 6) is -0.327. The molecule has 1 aromatic rings. The van der Waals surface area contributed by atoms with Crippen molar-refractivity contribution in [2.45, 2.75) is 19.9 Å². The number of nitrogens with one attached hydrogen (secondary N) is 2. The molecule has 19 heavy (non-hydrogen) atoms. The Morgan fingerprint density at radius 2 is 2.21 bits per heavy atom. The molecule has 0 aromatic heterocycles. The zero-order valence-electron chi connectivity index (χ0n) is 11.3. The lowest BCUT2D eigenvalue weighted by molar-refractivity contribution is -0.125. The van der Waals surface area contributed by atoms with Gasteiger partial charge in [0.05, 0.1) is 18.7 Å². The third-order valence-corrected chi connectivity index (χ3v) is 3.13. The number of amides is 2. The molecule has 0 unspecified atom stereocenters. The number of hydrogen-bond acceptors (Lipinski definition) is 4. The molecule has 0 atom stereocenters. The number of carbonyl (C=O) groups excluding carboxylic acids is 2. The fourth-order valence-corrected chi connectivity index (χ4v) is 2.27. The number of carbonyl (C=O) groups is 2. The van der Waals surface area contributed by atoms with E-state index in [4.69, 9.17) is 0 Å². The van der Waals surface area contributed by atoms with Crippen LogP contribution in [-0.4, -0.2) is 32.0 Å². The van der Waals surface area contributed by atoms with E-state index in [1.54, 1.807) is 0 Å². The number of fused-ring (bicyclic) bond motifs is 1. The monoisotopic (exact) mass is 261 g/mol. The lowest BCUT2D eigenvalue weighted by atomic mass is 10.1. The molecule has 0 saturated carbocycles. The topological polar surface area (TPSA) is 61.4 Å². The second kappa shape index (κ2) is 5.95. The molecule has 0 fully saturated rings. The van der Waals surface area contributed by atoms with E-state index in [-0.39, 0.29) is 18.4 Å². The highest BCUT2D eigenvalue weighted by Gasteiger charge is 2.31. The fourth-order valence-electron chi connectivity index (χ4n) is 2.27. The van der Waals surface area contributed by atoms with Gasteiger partial charge in [0.15, 0.2) is 0 Å². The predicted octanol–water partition coefficient (Wildman–Crippen LogP) is 0.431. The van der Waals surface area contributed by atoms with Crippen molar-refractivity contribution in [2.24, 2.45) is 0 Å². The Kier molecular flexibility index (Phi) is 4.29. The van der Waals surface area contributed by atoms with Gasteiger partial charge in [-0.3, -0.25) is 9.59 Å². The van der Waals surface area contributed by atoms with Crippen molar-refractivity contribution < 1.29 is 9.59 Å². The van der Waals surface area contributed by atoms with Gasteiger partial charge >= 0.3 is 0 Å². The van der Waals surface area contributed by atoms with Crippen molar-refractivity contribution in [3.05, 3.63) is 29.3 Å². The summed E-state index contributed by atoms with van der Waals surface area (Å²) in [7, 11) is 1.88. The molecule has 1 aliphatic heterocycles. The van der Waals surface area contributed by atoms with Crippen LogP contribution >= 0.6 is 0 Å². The molecule has 1 aliphatic rings. The molecule has 0 bridgehead atoms. The number of rotatable bonds is 5. The van der Waals surface area contributed by atoms with Gasteiger partial charge in [-0.15, -0.1) is 0 Å². The van der Waals surface area contributed by atoms with Crippen LogP contribution in [0.3, 0.4) is 0 Å². The summed E-state index contributed by atoms with van der Waals surface area (Å²) in [6.07, 6.45) is 0.310. The van der Waals surface area contributed by atoms with Crippen molar-refractivity contribution in [1.82, 2.24) is 10.6 Å². The molecule has 2 N–H and O–H groups in total. The van der Waals surface area contributed by atoms with Crippen LogP contribution in [0.4, 0.5) is 5.69 Å². The lowest BCUT2D eigenvalue weighted by Gasteiger charge is -2.16. The summed E-state index contributed by atoms with van der Waals surface area (Å²) >= 11 is 0. The van der Waals surface area contributed by atoms with Crippen molar-refractivity contribution in [3.8, 4) is 0 Å². The van der Waals surface area contributed by atoms with Gasteiger partial charge in [-0.1, -0.05) is 19.1 Å². The second-order valence-corrected chi connectivity index (χ2v) is 4.57. The number of likely N-dealkylation sites (N-methyl/N-ethyl adjacent to an activating group) is 1. The van der Waals surface area contributed by atoms with Gasteiger partial charge in [0.25, 0.3) is 0 Å². The molecular weight excluding hydrogens is 242 g/mol. The number of hydrogen-bond donors (Lipinski definition) is 2. The molecule has 5 heteroatoms. The van der Waals surface area contributed by atoms with E-state index >= 15 is 0 Å². The van der Waals surface area contributed by atoms with Gasteiger partial charge in [0.2, 0.25) is 11.8 Å². The molecule has 0 aliphatic carbocycles. The zero-order valence-corrected chi connectivity index (χ0v) is 11.3. The summed E-state index contributed by atoms with van der Waals surface area (Å²) < 4.78 is 0. The van der Waals surface area contributed by atoms with E-state index in [2.05, 4.69) is 10.6 Å². The Balaban J connectivity index is 2.21. The first-order valence-corrected chi connectivity index (χ1v) is 6.50. The molecule has 0 saturated heterocycles. The number of anilines is 1. The number of nitrogens with zero attached hydrogens (tertiary/aromatic N) is 1. The Hall–Kier alpha value is -1.72.